The molecule has 0 unspecified atom stereocenters. The maximum absolute atomic E-state index is 13.1. The molecule has 2 saturated carbocycles. The maximum atomic E-state index is 13.1. The Morgan fingerprint density at radius 3 is 2.22 bits per heavy atom. The third-order valence-corrected chi connectivity index (χ3v) is 6.94. The predicted octanol–water partition coefficient (Wildman–Crippen LogP) is 2.78. The van der Waals surface area contributed by atoms with Gasteiger partial charge in [0, 0.05) is 31.0 Å². The van der Waals surface area contributed by atoms with Gasteiger partial charge >= 0.3 is 0 Å². The fourth-order valence-electron chi connectivity index (χ4n) is 5.82. The van der Waals surface area contributed by atoms with Crippen LogP contribution < -0.4 is 5.32 Å². The topological polar surface area (TPSA) is 52.6 Å². The van der Waals surface area contributed by atoms with Crippen molar-refractivity contribution in [1.29, 1.82) is 0 Å². The van der Waals surface area contributed by atoms with E-state index in [1.54, 1.807) is 4.90 Å². The number of hydrogen-bond acceptors (Lipinski definition) is 3. The fourth-order valence-corrected chi connectivity index (χ4v) is 5.82. The number of aliphatic hydroxyl groups is 1. The Kier molecular flexibility index (Phi) is 4.25. The average molecular weight is 362 g/mol. The molecule has 2 aromatic rings. The molecule has 5 rings (SSSR count). The molecule has 4 nitrogen and oxygen atoms in total. The van der Waals surface area contributed by atoms with Crippen LogP contribution in [-0.2, 0) is 17.9 Å². The Balaban J connectivity index is 1.31. The number of fused-ring (bicyclic) bond motifs is 5. The predicted molar refractivity (Wildman–Crippen MR) is 103 cm³/mol. The van der Waals surface area contributed by atoms with Gasteiger partial charge in [-0.15, -0.1) is 0 Å². The molecule has 6 atom stereocenters. The van der Waals surface area contributed by atoms with E-state index in [0.29, 0.717) is 24.4 Å². The highest BCUT2D eigenvalue weighted by Gasteiger charge is 2.64. The summed E-state index contributed by atoms with van der Waals surface area (Å²) in [7, 11) is 0. The van der Waals surface area contributed by atoms with Crippen molar-refractivity contribution in [3.8, 4) is 0 Å². The summed E-state index contributed by atoms with van der Waals surface area (Å²) in [6.07, 6.45) is 1.55. The zero-order valence-corrected chi connectivity index (χ0v) is 15.4. The second-order valence-electron chi connectivity index (χ2n) is 8.27. The van der Waals surface area contributed by atoms with Crippen molar-refractivity contribution in [3.05, 3.63) is 71.8 Å². The van der Waals surface area contributed by atoms with Crippen LogP contribution in [0.2, 0.25) is 0 Å². The Hall–Kier alpha value is -2.17. The Morgan fingerprint density at radius 2 is 1.56 bits per heavy atom. The molecule has 27 heavy (non-hydrogen) atoms. The molecule has 0 aromatic heterocycles. The SMILES string of the molecule is O=C1[C@@H]2[C@H]3CC[C@@H]([C@@H]3NCc3ccccc3)[C@@H]2[C@@H](O)N1Cc1ccccc1. The van der Waals surface area contributed by atoms with Crippen LogP contribution >= 0.6 is 0 Å². The van der Waals surface area contributed by atoms with E-state index in [-0.39, 0.29) is 17.7 Å². The van der Waals surface area contributed by atoms with E-state index >= 15 is 0 Å². The van der Waals surface area contributed by atoms with Gasteiger partial charge in [0.1, 0.15) is 6.23 Å². The summed E-state index contributed by atoms with van der Waals surface area (Å²) in [6, 6.07) is 20.7. The van der Waals surface area contributed by atoms with Crippen LogP contribution in [0.1, 0.15) is 24.0 Å². The van der Waals surface area contributed by atoms with Crippen LogP contribution in [0.15, 0.2) is 60.7 Å². The average Bonchev–Trinajstić information content (AvgIpc) is 3.33. The number of benzene rings is 2. The number of aliphatic hydroxyl groups excluding tert-OH is 1. The van der Waals surface area contributed by atoms with E-state index in [1.165, 1.54) is 5.56 Å². The van der Waals surface area contributed by atoms with Crippen molar-refractivity contribution in [2.24, 2.45) is 23.7 Å². The molecule has 2 bridgehead atoms. The van der Waals surface area contributed by atoms with Crippen LogP contribution in [0.4, 0.5) is 0 Å². The number of rotatable bonds is 5. The number of likely N-dealkylation sites (tertiary alicyclic amines) is 1. The Bertz CT molecular complexity index is 810. The van der Waals surface area contributed by atoms with Crippen LogP contribution in [0.3, 0.4) is 0 Å². The number of hydrogen-bond donors (Lipinski definition) is 2. The summed E-state index contributed by atoms with van der Waals surface area (Å²) >= 11 is 0. The van der Waals surface area contributed by atoms with Gasteiger partial charge < -0.3 is 15.3 Å². The lowest BCUT2D eigenvalue weighted by atomic mass is 9.81. The third kappa shape index (κ3) is 2.79. The zero-order chi connectivity index (χ0) is 18.4. The minimum Gasteiger partial charge on any atom is -0.373 e. The minimum atomic E-state index is -0.654. The molecule has 3 aliphatic rings. The lowest BCUT2D eigenvalue weighted by Gasteiger charge is -2.28. The normalized spacial score (nSPS) is 34.3. The van der Waals surface area contributed by atoms with Gasteiger partial charge in [-0.25, -0.2) is 0 Å². The lowest BCUT2D eigenvalue weighted by Crippen LogP contribution is -2.41. The van der Waals surface area contributed by atoms with Crippen molar-refractivity contribution in [1.82, 2.24) is 10.2 Å². The van der Waals surface area contributed by atoms with Crippen molar-refractivity contribution >= 4 is 5.91 Å². The van der Waals surface area contributed by atoms with Crippen molar-refractivity contribution in [2.75, 3.05) is 0 Å². The van der Waals surface area contributed by atoms with Crippen molar-refractivity contribution in [2.45, 2.75) is 38.2 Å². The molecule has 2 N–H and O–H groups in total. The second kappa shape index (κ2) is 6.77. The summed E-state index contributed by atoms with van der Waals surface area (Å²) in [6.45, 7) is 1.34. The first-order valence-electron chi connectivity index (χ1n) is 10.0. The number of nitrogens with one attached hydrogen (secondary N) is 1. The quantitative estimate of drug-likeness (QED) is 0.860. The molecule has 2 aromatic carbocycles. The van der Waals surface area contributed by atoms with Crippen LogP contribution in [0, 0.1) is 23.7 Å². The number of carbonyl (C=O) groups excluding carboxylic acids is 1. The molecule has 1 saturated heterocycles. The number of amides is 1. The smallest absolute Gasteiger partial charge is 0.228 e. The van der Waals surface area contributed by atoms with Gasteiger partial charge in [0.05, 0.1) is 0 Å². The molecule has 1 aliphatic heterocycles. The molecule has 140 valence electrons. The number of carbonyl (C=O) groups is 1. The monoisotopic (exact) mass is 362 g/mol. The van der Waals surface area contributed by atoms with Gasteiger partial charge in [-0.3, -0.25) is 4.79 Å². The number of nitrogens with zero attached hydrogens (tertiary/aromatic N) is 1. The molecule has 1 heterocycles. The van der Waals surface area contributed by atoms with Gasteiger partial charge in [0.2, 0.25) is 5.91 Å². The van der Waals surface area contributed by atoms with Crippen LogP contribution in [0.25, 0.3) is 0 Å². The molecule has 1 amide bonds. The first-order valence-corrected chi connectivity index (χ1v) is 10.0. The molecule has 3 fully saturated rings. The summed E-state index contributed by atoms with van der Waals surface area (Å²) < 4.78 is 0. The van der Waals surface area contributed by atoms with Gasteiger partial charge in [0.15, 0.2) is 0 Å². The Labute approximate surface area is 160 Å². The van der Waals surface area contributed by atoms with E-state index in [2.05, 4.69) is 29.6 Å². The minimum absolute atomic E-state index is 0.0178. The molecular weight excluding hydrogens is 336 g/mol. The maximum Gasteiger partial charge on any atom is 0.228 e. The summed E-state index contributed by atoms with van der Waals surface area (Å²) in [5.74, 6) is 0.953. The third-order valence-electron chi connectivity index (χ3n) is 6.94. The molecule has 0 spiro atoms. The highest BCUT2D eigenvalue weighted by Crippen LogP contribution is 2.57. The van der Waals surface area contributed by atoms with Gasteiger partial charge in [-0.2, -0.15) is 0 Å². The van der Waals surface area contributed by atoms with Gasteiger partial charge in [0.25, 0.3) is 0 Å². The van der Waals surface area contributed by atoms with Gasteiger partial charge in [-0.05, 0) is 35.8 Å². The van der Waals surface area contributed by atoms with E-state index in [1.807, 2.05) is 36.4 Å². The summed E-state index contributed by atoms with van der Waals surface area (Å²) in [5, 5.41) is 14.7. The highest BCUT2D eigenvalue weighted by atomic mass is 16.3. The summed E-state index contributed by atoms with van der Waals surface area (Å²) in [4.78, 5) is 14.9. The summed E-state index contributed by atoms with van der Waals surface area (Å²) in [5.41, 5.74) is 2.35. The van der Waals surface area contributed by atoms with E-state index in [4.69, 9.17) is 0 Å². The van der Waals surface area contributed by atoms with Crippen LogP contribution in [0.5, 0.6) is 0 Å². The lowest BCUT2D eigenvalue weighted by molar-refractivity contribution is -0.137. The first kappa shape index (κ1) is 17.0. The standard InChI is InChI=1S/C23H26N2O2/c26-22-19-17-11-12-18(21(17)24-13-15-7-3-1-4-8-15)20(19)23(27)25(22)14-16-9-5-2-6-10-16/h1-10,17-22,24,26H,11-14H2/t17-,18-,19+,20-,21+,22-/m1/s1. The second-order valence-corrected chi connectivity index (χ2v) is 8.27. The van der Waals surface area contributed by atoms with Crippen LogP contribution in [-0.4, -0.2) is 28.2 Å². The first-order chi connectivity index (χ1) is 13.2. The van der Waals surface area contributed by atoms with Crippen molar-refractivity contribution < 1.29 is 9.90 Å². The molecular formula is C23H26N2O2. The molecule has 0 radical (unpaired) electrons. The van der Waals surface area contributed by atoms with E-state index in [9.17, 15) is 9.90 Å². The highest BCUT2D eigenvalue weighted by molar-refractivity contribution is 5.83. The zero-order valence-electron chi connectivity index (χ0n) is 15.4. The Morgan fingerprint density at radius 1 is 0.926 bits per heavy atom. The van der Waals surface area contributed by atoms with E-state index in [0.717, 1.165) is 24.9 Å². The van der Waals surface area contributed by atoms with Crippen molar-refractivity contribution in [3.63, 3.8) is 0 Å². The molecule has 4 heteroatoms. The fraction of sp³-hybridized carbons (Fsp3) is 0.435. The van der Waals surface area contributed by atoms with E-state index < -0.39 is 6.23 Å². The molecule has 2 aliphatic carbocycles. The van der Waals surface area contributed by atoms with Gasteiger partial charge in [-0.1, -0.05) is 60.7 Å². The largest absolute Gasteiger partial charge is 0.373 e.